The average molecular weight is 461 g/mol. The van der Waals surface area contributed by atoms with Crippen molar-refractivity contribution in [1.29, 1.82) is 0 Å². The van der Waals surface area contributed by atoms with E-state index in [9.17, 15) is 4.39 Å². The predicted octanol–water partition coefficient (Wildman–Crippen LogP) is 7.52. The van der Waals surface area contributed by atoms with Crippen LogP contribution in [0.2, 0.25) is 0 Å². The molecule has 4 heteroatoms. The molecule has 0 aliphatic carbocycles. The summed E-state index contributed by atoms with van der Waals surface area (Å²) in [5.74, 6) is 0.788. The van der Waals surface area contributed by atoms with Gasteiger partial charge in [0, 0.05) is 36.1 Å². The molecular weight excluding hydrogens is 423 g/mol. The van der Waals surface area contributed by atoms with Crippen LogP contribution in [0.1, 0.15) is 62.8 Å². The Morgan fingerprint density at radius 3 is 2.62 bits per heavy atom. The molecule has 1 atom stereocenters. The summed E-state index contributed by atoms with van der Waals surface area (Å²) in [6.07, 6.45) is 4.09. The van der Waals surface area contributed by atoms with Crippen LogP contribution in [0.3, 0.4) is 0 Å². The largest absolute Gasteiger partial charge is 0.491 e. The van der Waals surface area contributed by atoms with Gasteiger partial charge in [-0.05, 0) is 81.0 Å². The first-order valence-corrected chi connectivity index (χ1v) is 12.6. The number of halogens is 1. The van der Waals surface area contributed by atoms with Gasteiger partial charge >= 0.3 is 0 Å². The number of hydrogen-bond acceptors (Lipinski definition) is 3. The van der Waals surface area contributed by atoms with Gasteiger partial charge in [0.15, 0.2) is 0 Å². The van der Waals surface area contributed by atoms with Crippen molar-refractivity contribution in [2.24, 2.45) is 0 Å². The number of ether oxygens (including phenoxy) is 1. The number of nitrogens with one attached hydrogen (secondary N) is 1. The molecule has 0 spiro atoms. The molecule has 0 bridgehead atoms. The molecular formula is C30H37FN2O. The fraction of sp³-hybridized carbons (Fsp3) is 0.400. The molecule has 1 aliphatic heterocycles. The first-order chi connectivity index (χ1) is 16.4. The minimum Gasteiger partial charge on any atom is -0.491 e. The molecule has 0 fully saturated rings. The van der Waals surface area contributed by atoms with E-state index in [1.165, 1.54) is 16.8 Å². The van der Waals surface area contributed by atoms with Crippen LogP contribution in [0.25, 0.3) is 0 Å². The molecule has 0 radical (unpaired) electrons. The van der Waals surface area contributed by atoms with Crippen molar-refractivity contribution in [3.8, 4) is 5.75 Å². The fourth-order valence-electron chi connectivity index (χ4n) is 4.72. The zero-order valence-electron chi connectivity index (χ0n) is 20.9. The van der Waals surface area contributed by atoms with Crippen LogP contribution in [0.4, 0.5) is 15.8 Å². The number of nitrogens with zero attached hydrogens (tertiary/aromatic N) is 1. The Morgan fingerprint density at radius 1 is 1.06 bits per heavy atom. The molecule has 0 aromatic heterocycles. The monoisotopic (exact) mass is 460 g/mol. The highest BCUT2D eigenvalue weighted by molar-refractivity contribution is 5.57. The van der Waals surface area contributed by atoms with Crippen LogP contribution < -0.4 is 15.0 Å². The van der Waals surface area contributed by atoms with Crippen LogP contribution >= 0.6 is 0 Å². The SMILES string of the molecule is CCCc1ccc(NCc2ccc(CN3c4ccccc4CCC3C)c(OC(C)C)c2)cc1F. The van der Waals surface area contributed by atoms with Crippen LogP contribution in [0.5, 0.6) is 5.75 Å². The maximum atomic E-state index is 14.3. The predicted molar refractivity (Wildman–Crippen MR) is 140 cm³/mol. The molecule has 1 unspecified atom stereocenters. The number of para-hydroxylation sites is 1. The second-order valence-electron chi connectivity index (χ2n) is 9.66. The lowest BCUT2D eigenvalue weighted by Crippen LogP contribution is -2.36. The van der Waals surface area contributed by atoms with Crippen molar-refractivity contribution in [2.75, 3.05) is 10.2 Å². The fourth-order valence-corrected chi connectivity index (χ4v) is 4.72. The van der Waals surface area contributed by atoms with Gasteiger partial charge in [0.1, 0.15) is 11.6 Å². The van der Waals surface area contributed by atoms with E-state index in [0.29, 0.717) is 12.6 Å². The first kappa shape index (κ1) is 24.1. The Hall–Kier alpha value is -3.01. The average Bonchev–Trinajstić information content (AvgIpc) is 2.82. The summed E-state index contributed by atoms with van der Waals surface area (Å²) in [5, 5.41) is 3.37. The van der Waals surface area contributed by atoms with Crippen molar-refractivity contribution in [3.63, 3.8) is 0 Å². The van der Waals surface area contributed by atoms with E-state index in [0.717, 1.165) is 54.8 Å². The Bertz CT molecular complexity index is 1110. The number of rotatable bonds is 9. The Morgan fingerprint density at radius 2 is 1.85 bits per heavy atom. The molecule has 1 aliphatic rings. The van der Waals surface area contributed by atoms with Crippen molar-refractivity contribution in [2.45, 2.75) is 78.6 Å². The summed E-state index contributed by atoms with van der Waals surface area (Å²) in [4.78, 5) is 2.50. The van der Waals surface area contributed by atoms with Gasteiger partial charge in [0.2, 0.25) is 0 Å². The quantitative estimate of drug-likeness (QED) is 0.357. The standard InChI is InChI=1S/C30H37FN2O/c1-5-8-24-15-16-27(18-28(24)31)32-19-23-12-14-26(30(17-23)34-21(2)3)20-33-22(4)11-13-25-9-6-7-10-29(25)33/h6-7,9-10,12,14-18,21-22,32H,5,8,11,13,19-20H2,1-4H3. The van der Waals surface area contributed by atoms with Crippen molar-refractivity contribution < 1.29 is 9.13 Å². The van der Waals surface area contributed by atoms with E-state index in [-0.39, 0.29) is 11.9 Å². The van der Waals surface area contributed by atoms with Gasteiger partial charge < -0.3 is 15.0 Å². The third-order valence-corrected chi connectivity index (χ3v) is 6.57. The molecule has 3 aromatic rings. The molecule has 0 saturated heterocycles. The van der Waals surface area contributed by atoms with E-state index in [4.69, 9.17) is 4.74 Å². The number of aryl methyl sites for hydroxylation is 2. The Kier molecular flexibility index (Phi) is 7.77. The molecule has 34 heavy (non-hydrogen) atoms. The molecule has 180 valence electrons. The van der Waals surface area contributed by atoms with Gasteiger partial charge in [-0.3, -0.25) is 0 Å². The summed E-state index contributed by atoms with van der Waals surface area (Å²) >= 11 is 0. The summed E-state index contributed by atoms with van der Waals surface area (Å²) in [7, 11) is 0. The Labute approximate surface area is 204 Å². The van der Waals surface area contributed by atoms with E-state index in [1.54, 1.807) is 6.07 Å². The highest BCUT2D eigenvalue weighted by Crippen LogP contribution is 2.34. The normalized spacial score (nSPS) is 15.4. The van der Waals surface area contributed by atoms with Crippen molar-refractivity contribution >= 4 is 11.4 Å². The lowest BCUT2D eigenvalue weighted by Gasteiger charge is -2.37. The summed E-state index contributed by atoms with van der Waals surface area (Å²) < 4.78 is 20.6. The van der Waals surface area contributed by atoms with Crippen LogP contribution in [-0.2, 0) is 25.9 Å². The minimum atomic E-state index is -0.137. The highest BCUT2D eigenvalue weighted by Gasteiger charge is 2.24. The number of anilines is 2. The first-order valence-electron chi connectivity index (χ1n) is 12.6. The summed E-state index contributed by atoms with van der Waals surface area (Å²) in [5.41, 5.74) is 6.63. The Balaban J connectivity index is 1.52. The summed E-state index contributed by atoms with van der Waals surface area (Å²) in [6.45, 7) is 9.93. The van der Waals surface area contributed by atoms with Crippen LogP contribution in [0.15, 0.2) is 60.7 Å². The smallest absolute Gasteiger partial charge is 0.128 e. The van der Waals surface area contributed by atoms with Crippen LogP contribution in [-0.4, -0.2) is 12.1 Å². The van der Waals surface area contributed by atoms with E-state index >= 15 is 0 Å². The third-order valence-electron chi connectivity index (χ3n) is 6.57. The summed E-state index contributed by atoms with van der Waals surface area (Å²) in [6, 6.07) is 21.1. The number of hydrogen-bond donors (Lipinski definition) is 1. The molecule has 1 heterocycles. The van der Waals surface area contributed by atoms with Gasteiger partial charge in [-0.15, -0.1) is 0 Å². The second kappa shape index (κ2) is 10.9. The van der Waals surface area contributed by atoms with E-state index in [1.807, 2.05) is 12.1 Å². The molecule has 4 rings (SSSR count). The lowest BCUT2D eigenvalue weighted by atomic mass is 9.96. The zero-order valence-corrected chi connectivity index (χ0v) is 20.9. The minimum absolute atomic E-state index is 0.0910. The van der Waals surface area contributed by atoms with Gasteiger partial charge in [0.25, 0.3) is 0 Å². The van der Waals surface area contributed by atoms with Gasteiger partial charge in [-0.2, -0.15) is 0 Å². The second-order valence-corrected chi connectivity index (χ2v) is 9.66. The maximum Gasteiger partial charge on any atom is 0.128 e. The number of benzene rings is 3. The van der Waals surface area contributed by atoms with Crippen molar-refractivity contribution in [3.05, 3.63) is 88.7 Å². The topological polar surface area (TPSA) is 24.5 Å². The molecule has 0 amide bonds. The zero-order chi connectivity index (χ0) is 24.1. The van der Waals surface area contributed by atoms with Crippen LogP contribution in [0, 0.1) is 5.82 Å². The van der Waals surface area contributed by atoms with E-state index < -0.39 is 0 Å². The third kappa shape index (κ3) is 5.72. The number of fused-ring (bicyclic) bond motifs is 1. The van der Waals surface area contributed by atoms with Crippen molar-refractivity contribution in [1.82, 2.24) is 0 Å². The molecule has 0 saturated carbocycles. The molecule has 3 nitrogen and oxygen atoms in total. The van der Waals surface area contributed by atoms with Gasteiger partial charge in [0.05, 0.1) is 6.10 Å². The lowest BCUT2D eigenvalue weighted by molar-refractivity contribution is 0.239. The molecule has 3 aromatic carbocycles. The molecule has 1 N–H and O–H groups in total. The highest BCUT2D eigenvalue weighted by atomic mass is 19.1. The van der Waals surface area contributed by atoms with E-state index in [2.05, 4.69) is 80.4 Å². The van der Waals surface area contributed by atoms with Gasteiger partial charge in [-0.25, -0.2) is 4.39 Å². The van der Waals surface area contributed by atoms with Gasteiger partial charge in [-0.1, -0.05) is 49.7 Å². The maximum absolute atomic E-state index is 14.3.